The summed E-state index contributed by atoms with van der Waals surface area (Å²) in [4.78, 5) is 0.297. The Hall–Kier alpha value is -0.590. The van der Waals surface area contributed by atoms with Crippen molar-refractivity contribution in [2.24, 2.45) is 0 Å². The Balaban J connectivity index is 1.99. The first-order valence-electron chi connectivity index (χ1n) is 8.50. The van der Waals surface area contributed by atoms with Crippen LogP contribution in [0, 0.1) is 0 Å². The largest absolute Gasteiger partial charge is 0.492 e. The maximum atomic E-state index is 13.4. The number of rotatable bonds is 6. The van der Waals surface area contributed by atoms with E-state index in [0.717, 1.165) is 43.0 Å². The lowest BCUT2D eigenvalue weighted by molar-refractivity contribution is 0.245. The molecule has 23 heavy (non-hydrogen) atoms. The highest BCUT2D eigenvalue weighted by Crippen LogP contribution is 2.40. The number of sulfonamides is 1. The molecule has 0 aliphatic heterocycles. The second-order valence-electron chi connectivity index (χ2n) is 6.38. The maximum Gasteiger partial charge on any atom is 0.247 e. The number of halogens is 1. The minimum absolute atomic E-state index is 0.148. The number of hydrogen-bond donors (Lipinski definition) is 0. The lowest BCUT2D eigenvalue weighted by Crippen LogP contribution is -2.43. The number of ether oxygens (including phenoxy) is 1. The van der Waals surface area contributed by atoms with Gasteiger partial charge < -0.3 is 4.74 Å². The zero-order chi connectivity index (χ0) is 16.4. The van der Waals surface area contributed by atoms with Gasteiger partial charge in [0.15, 0.2) is 0 Å². The smallest absolute Gasteiger partial charge is 0.247 e. The highest BCUT2D eigenvalue weighted by atomic mass is 79.9. The van der Waals surface area contributed by atoms with Gasteiger partial charge in [-0.2, -0.15) is 4.31 Å². The molecule has 4 nitrogen and oxygen atoms in total. The van der Waals surface area contributed by atoms with Gasteiger partial charge in [-0.05, 0) is 50.8 Å². The van der Waals surface area contributed by atoms with Crippen LogP contribution in [-0.4, -0.2) is 31.4 Å². The van der Waals surface area contributed by atoms with Gasteiger partial charge in [0.25, 0.3) is 0 Å². The highest BCUT2D eigenvalue weighted by Gasteiger charge is 2.43. The molecular formula is C17H24BrNO3S. The van der Waals surface area contributed by atoms with Gasteiger partial charge in [-0.15, -0.1) is 0 Å². The number of hydrogen-bond acceptors (Lipinski definition) is 3. The molecule has 0 heterocycles. The topological polar surface area (TPSA) is 46.6 Å². The first-order valence-corrected chi connectivity index (χ1v) is 10.7. The van der Waals surface area contributed by atoms with Gasteiger partial charge in [0.05, 0.1) is 6.61 Å². The molecule has 3 rings (SSSR count). The van der Waals surface area contributed by atoms with E-state index in [-0.39, 0.29) is 12.1 Å². The molecule has 0 saturated heterocycles. The second-order valence-corrected chi connectivity index (χ2v) is 9.11. The average molecular weight is 402 g/mol. The summed E-state index contributed by atoms with van der Waals surface area (Å²) in [6, 6.07) is 5.57. The summed E-state index contributed by atoms with van der Waals surface area (Å²) in [6.45, 7) is 2.33. The maximum absolute atomic E-state index is 13.4. The second kappa shape index (κ2) is 7.11. The van der Waals surface area contributed by atoms with Gasteiger partial charge >= 0.3 is 0 Å². The molecule has 1 aromatic carbocycles. The first kappa shape index (κ1) is 17.2. The monoisotopic (exact) mass is 401 g/mol. The fourth-order valence-electron chi connectivity index (χ4n) is 3.43. The van der Waals surface area contributed by atoms with Crippen LogP contribution in [0.2, 0.25) is 0 Å². The summed E-state index contributed by atoms with van der Waals surface area (Å²) >= 11 is 3.40. The molecule has 2 aliphatic rings. The van der Waals surface area contributed by atoms with Crippen LogP contribution < -0.4 is 4.74 Å². The molecule has 1 aromatic rings. The molecule has 0 N–H and O–H groups in total. The van der Waals surface area contributed by atoms with Crippen molar-refractivity contribution in [3.8, 4) is 5.75 Å². The Bertz CT molecular complexity index is 652. The fraction of sp³-hybridized carbons (Fsp3) is 0.647. The summed E-state index contributed by atoms with van der Waals surface area (Å²) in [7, 11) is -3.53. The third-order valence-electron chi connectivity index (χ3n) is 4.60. The van der Waals surface area contributed by atoms with E-state index < -0.39 is 10.0 Å². The van der Waals surface area contributed by atoms with Crippen LogP contribution in [0.5, 0.6) is 5.75 Å². The quantitative estimate of drug-likeness (QED) is 0.712. The Morgan fingerprint density at radius 1 is 1.13 bits per heavy atom. The van der Waals surface area contributed by atoms with Crippen LogP contribution >= 0.6 is 15.9 Å². The highest BCUT2D eigenvalue weighted by molar-refractivity contribution is 9.10. The minimum Gasteiger partial charge on any atom is -0.492 e. The zero-order valence-electron chi connectivity index (χ0n) is 13.5. The van der Waals surface area contributed by atoms with Crippen LogP contribution in [0.3, 0.4) is 0 Å². The SMILES string of the molecule is CCOc1ccc(Br)cc1S(=O)(=O)N(C1CCCCC1)C1CC1. The van der Waals surface area contributed by atoms with E-state index in [1.54, 1.807) is 16.4 Å². The number of nitrogens with zero attached hydrogens (tertiary/aromatic N) is 1. The summed E-state index contributed by atoms with van der Waals surface area (Å²) < 4.78 is 34.9. The normalized spacial score (nSPS) is 20.0. The molecule has 0 amide bonds. The zero-order valence-corrected chi connectivity index (χ0v) is 15.9. The molecule has 0 bridgehead atoms. The van der Waals surface area contributed by atoms with Gasteiger partial charge in [0.1, 0.15) is 10.6 Å². The van der Waals surface area contributed by atoms with E-state index in [4.69, 9.17) is 4.74 Å². The van der Waals surface area contributed by atoms with Gasteiger partial charge in [0.2, 0.25) is 10.0 Å². The van der Waals surface area contributed by atoms with Gasteiger partial charge in [-0.1, -0.05) is 35.2 Å². The van der Waals surface area contributed by atoms with Crippen LogP contribution in [0.25, 0.3) is 0 Å². The molecule has 0 radical (unpaired) electrons. The molecule has 0 aromatic heterocycles. The Morgan fingerprint density at radius 3 is 2.39 bits per heavy atom. The summed E-state index contributed by atoms with van der Waals surface area (Å²) in [6.07, 6.45) is 7.39. The standard InChI is InChI=1S/C17H24BrNO3S/c1-2-22-16-11-8-13(18)12-17(16)23(20,21)19(15-9-10-15)14-6-4-3-5-7-14/h8,11-12,14-15H,2-7,9-10H2,1H3. The molecule has 0 unspecified atom stereocenters. The Morgan fingerprint density at radius 2 is 1.78 bits per heavy atom. The van der Waals surface area contributed by atoms with Crippen LogP contribution in [-0.2, 0) is 10.0 Å². The molecular weight excluding hydrogens is 378 g/mol. The van der Waals surface area contributed by atoms with Crippen molar-refractivity contribution >= 4 is 26.0 Å². The fourth-order valence-corrected chi connectivity index (χ4v) is 6.03. The molecule has 0 spiro atoms. The molecule has 128 valence electrons. The van der Waals surface area contributed by atoms with E-state index in [1.165, 1.54) is 6.42 Å². The molecule has 0 atom stereocenters. The van der Waals surface area contributed by atoms with E-state index >= 15 is 0 Å². The van der Waals surface area contributed by atoms with Crippen molar-refractivity contribution in [2.75, 3.05) is 6.61 Å². The van der Waals surface area contributed by atoms with E-state index in [1.807, 2.05) is 13.0 Å². The summed E-state index contributed by atoms with van der Waals surface area (Å²) in [5.41, 5.74) is 0. The molecule has 2 fully saturated rings. The van der Waals surface area contributed by atoms with Crippen LogP contribution in [0.15, 0.2) is 27.6 Å². The van der Waals surface area contributed by atoms with Crippen molar-refractivity contribution in [1.82, 2.24) is 4.31 Å². The van der Waals surface area contributed by atoms with Gasteiger partial charge in [0, 0.05) is 16.6 Å². The lowest BCUT2D eigenvalue weighted by atomic mass is 9.95. The average Bonchev–Trinajstić information content (AvgIpc) is 3.35. The van der Waals surface area contributed by atoms with Gasteiger partial charge in [-0.25, -0.2) is 8.42 Å². The van der Waals surface area contributed by atoms with Crippen molar-refractivity contribution in [3.05, 3.63) is 22.7 Å². The minimum atomic E-state index is -3.53. The summed E-state index contributed by atoms with van der Waals surface area (Å²) in [5, 5.41) is 0. The molecule has 6 heteroatoms. The predicted octanol–water partition coefficient (Wildman–Crippen LogP) is 4.33. The van der Waals surface area contributed by atoms with E-state index in [2.05, 4.69) is 15.9 Å². The third kappa shape index (κ3) is 3.74. The molecule has 2 aliphatic carbocycles. The van der Waals surface area contributed by atoms with Crippen LogP contribution in [0.4, 0.5) is 0 Å². The van der Waals surface area contributed by atoms with Crippen molar-refractivity contribution in [1.29, 1.82) is 0 Å². The number of benzene rings is 1. The van der Waals surface area contributed by atoms with Crippen molar-refractivity contribution in [2.45, 2.75) is 68.8 Å². The van der Waals surface area contributed by atoms with E-state index in [0.29, 0.717) is 17.3 Å². The van der Waals surface area contributed by atoms with Gasteiger partial charge in [-0.3, -0.25) is 0 Å². The van der Waals surface area contributed by atoms with E-state index in [9.17, 15) is 8.42 Å². The Kier molecular flexibility index (Phi) is 5.33. The predicted molar refractivity (Wildman–Crippen MR) is 94.2 cm³/mol. The van der Waals surface area contributed by atoms with Crippen molar-refractivity contribution in [3.63, 3.8) is 0 Å². The lowest BCUT2D eigenvalue weighted by Gasteiger charge is -2.34. The molecule has 2 saturated carbocycles. The van der Waals surface area contributed by atoms with Crippen molar-refractivity contribution < 1.29 is 13.2 Å². The van der Waals surface area contributed by atoms with Crippen LogP contribution in [0.1, 0.15) is 51.9 Å². The third-order valence-corrected chi connectivity index (χ3v) is 7.12. The Labute approximate surface area is 147 Å². The first-order chi connectivity index (χ1) is 11.0. The summed E-state index contributed by atoms with van der Waals surface area (Å²) in [5.74, 6) is 0.456.